The summed E-state index contributed by atoms with van der Waals surface area (Å²) in [5.74, 6) is 3.37. The molecule has 17 heavy (non-hydrogen) atoms. The molecule has 0 bridgehead atoms. The van der Waals surface area contributed by atoms with E-state index in [0.29, 0.717) is 5.92 Å². The summed E-state index contributed by atoms with van der Waals surface area (Å²) >= 11 is 0. The molecule has 96 valence electrons. The lowest BCUT2D eigenvalue weighted by molar-refractivity contribution is 0.153. The molecule has 0 heterocycles. The molecule has 0 radical (unpaired) electrons. The fraction of sp³-hybridized carbons (Fsp3) is 0.938. The first kappa shape index (κ1) is 12.9. The summed E-state index contributed by atoms with van der Waals surface area (Å²) in [6, 6.07) is 2.45. The molecule has 0 aliphatic heterocycles. The van der Waals surface area contributed by atoms with E-state index in [1.807, 2.05) is 0 Å². The van der Waals surface area contributed by atoms with Crippen molar-refractivity contribution in [1.29, 1.82) is 5.26 Å². The Morgan fingerprint density at radius 3 is 1.88 bits per heavy atom. The second-order valence-corrected chi connectivity index (χ2v) is 6.31. The van der Waals surface area contributed by atoms with Crippen molar-refractivity contribution in [3.05, 3.63) is 0 Å². The Morgan fingerprint density at radius 1 is 0.882 bits per heavy atom. The maximum Gasteiger partial charge on any atom is 0.0655 e. The molecule has 2 saturated carbocycles. The summed E-state index contributed by atoms with van der Waals surface area (Å²) in [5, 5.41) is 8.93. The molecule has 0 unspecified atom stereocenters. The molecule has 0 atom stereocenters. The fourth-order valence-electron chi connectivity index (χ4n) is 4.08. The highest BCUT2D eigenvalue weighted by atomic mass is 14.4. The van der Waals surface area contributed by atoms with Crippen LogP contribution in [-0.4, -0.2) is 0 Å². The number of hydrogen-bond acceptors (Lipinski definition) is 1. The Balaban J connectivity index is 1.72. The summed E-state index contributed by atoms with van der Waals surface area (Å²) < 4.78 is 0. The minimum atomic E-state index is 0.377. The van der Waals surface area contributed by atoms with Crippen molar-refractivity contribution in [3.63, 3.8) is 0 Å². The van der Waals surface area contributed by atoms with Gasteiger partial charge in [0.15, 0.2) is 0 Å². The molecule has 1 nitrogen and oxygen atoms in total. The van der Waals surface area contributed by atoms with E-state index in [2.05, 4.69) is 13.0 Å². The average Bonchev–Trinajstić information content (AvgIpc) is 2.40. The highest BCUT2D eigenvalue weighted by Crippen LogP contribution is 2.41. The number of hydrogen-bond donors (Lipinski definition) is 0. The summed E-state index contributed by atoms with van der Waals surface area (Å²) in [4.78, 5) is 0. The van der Waals surface area contributed by atoms with Crippen LogP contribution in [0.1, 0.15) is 71.1 Å². The third-order valence-corrected chi connectivity index (χ3v) is 5.21. The van der Waals surface area contributed by atoms with Crippen molar-refractivity contribution in [2.75, 3.05) is 0 Å². The first-order valence-corrected chi connectivity index (χ1v) is 7.73. The summed E-state index contributed by atoms with van der Waals surface area (Å²) in [6.45, 7) is 2.31. The monoisotopic (exact) mass is 233 g/mol. The van der Waals surface area contributed by atoms with Gasteiger partial charge in [0.25, 0.3) is 0 Å². The Morgan fingerprint density at radius 2 is 1.41 bits per heavy atom. The SMILES string of the molecule is CCCC1CCC(C2CCC(C#N)CC2)CC1. The Bertz CT molecular complexity index is 249. The maximum atomic E-state index is 8.93. The van der Waals surface area contributed by atoms with Crippen molar-refractivity contribution in [1.82, 2.24) is 0 Å². The molecule has 0 N–H and O–H groups in total. The minimum Gasteiger partial charge on any atom is -0.198 e. The van der Waals surface area contributed by atoms with E-state index in [9.17, 15) is 0 Å². The molecule has 2 aliphatic carbocycles. The zero-order chi connectivity index (χ0) is 12.1. The van der Waals surface area contributed by atoms with Gasteiger partial charge in [0.05, 0.1) is 6.07 Å². The van der Waals surface area contributed by atoms with Gasteiger partial charge in [-0.1, -0.05) is 32.6 Å². The molecule has 2 fully saturated rings. The lowest BCUT2D eigenvalue weighted by Gasteiger charge is -2.36. The minimum absolute atomic E-state index is 0.377. The molecule has 2 rings (SSSR count). The summed E-state index contributed by atoms with van der Waals surface area (Å²) in [6.07, 6.45) is 13.8. The topological polar surface area (TPSA) is 23.8 Å². The Hall–Kier alpha value is -0.510. The van der Waals surface area contributed by atoms with Crippen LogP contribution in [0.4, 0.5) is 0 Å². The van der Waals surface area contributed by atoms with Crippen LogP contribution in [0, 0.1) is 35.0 Å². The maximum absolute atomic E-state index is 8.93. The van der Waals surface area contributed by atoms with E-state index in [1.54, 1.807) is 0 Å². The van der Waals surface area contributed by atoms with Crippen LogP contribution in [-0.2, 0) is 0 Å². The van der Waals surface area contributed by atoms with Gasteiger partial charge in [-0.25, -0.2) is 0 Å². The van der Waals surface area contributed by atoms with Gasteiger partial charge >= 0.3 is 0 Å². The standard InChI is InChI=1S/C16H27N/c1-2-3-13-4-8-15(9-5-13)16-10-6-14(12-17)7-11-16/h13-16H,2-11H2,1H3. The van der Waals surface area contributed by atoms with Crippen LogP contribution in [0.25, 0.3) is 0 Å². The predicted octanol–water partition coefficient (Wildman–Crippen LogP) is 4.92. The van der Waals surface area contributed by atoms with E-state index in [4.69, 9.17) is 5.26 Å². The van der Waals surface area contributed by atoms with E-state index >= 15 is 0 Å². The third-order valence-electron chi connectivity index (χ3n) is 5.21. The first-order valence-electron chi connectivity index (χ1n) is 7.73. The molecule has 0 aromatic rings. The van der Waals surface area contributed by atoms with E-state index in [-0.39, 0.29) is 0 Å². The van der Waals surface area contributed by atoms with Gasteiger partial charge in [-0.05, 0) is 56.3 Å². The van der Waals surface area contributed by atoms with Crippen LogP contribution in [0.15, 0.2) is 0 Å². The zero-order valence-corrected chi connectivity index (χ0v) is 11.3. The zero-order valence-electron chi connectivity index (χ0n) is 11.3. The molecule has 0 amide bonds. The molecular weight excluding hydrogens is 206 g/mol. The normalized spacial score (nSPS) is 38.6. The number of nitriles is 1. The molecule has 0 aromatic heterocycles. The molecule has 0 spiro atoms. The van der Waals surface area contributed by atoms with E-state index in [0.717, 1.165) is 17.8 Å². The predicted molar refractivity (Wildman–Crippen MR) is 71.4 cm³/mol. The molecule has 1 heteroatoms. The van der Waals surface area contributed by atoms with Gasteiger partial charge in [0.1, 0.15) is 0 Å². The summed E-state index contributed by atoms with van der Waals surface area (Å²) in [7, 11) is 0. The van der Waals surface area contributed by atoms with Crippen molar-refractivity contribution < 1.29 is 0 Å². The second-order valence-electron chi connectivity index (χ2n) is 6.31. The van der Waals surface area contributed by atoms with Gasteiger partial charge in [0, 0.05) is 5.92 Å². The molecule has 0 aromatic carbocycles. The van der Waals surface area contributed by atoms with Crippen LogP contribution >= 0.6 is 0 Å². The number of rotatable bonds is 3. The van der Waals surface area contributed by atoms with Gasteiger partial charge in [0.2, 0.25) is 0 Å². The van der Waals surface area contributed by atoms with Crippen LogP contribution in [0.2, 0.25) is 0 Å². The fourth-order valence-corrected chi connectivity index (χ4v) is 4.08. The van der Waals surface area contributed by atoms with Crippen LogP contribution in [0.5, 0.6) is 0 Å². The van der Waals surface area contributed by atoms with Gasteiger partial charge in [-0.3, -0.25) is 0 Å². The van der Waals surface area contributed by atoms with Gasteiger partial charge in [-0.15, -0.1) is 0 Å². The number of nitrogens with zero attached hydrogens (tertiary/aromatic N) is 1. The van der Waals surface area contributed by atoms with Crippen molar-refractivity contribution >= 4 is 0 Å². The highest BCUT2D eigenvalue weighted by Gasteiger charge is 2.30. The summed E-state index contributed by atoms with van der Waals surface area (Å²) in [5.41, 5.74) is 0. The quantitative estimate of drug-likeness (QED) is 0.678. The van der Waals surface area contributed by atoms with E-state index < -0.39 is 0 Å². The Kier molecular flexibility index (Phi) is 4.89. The van der Waals surface area contributed by atoms with Gasteiger partial charge in [-0.2, -0.15) is 5.26 Å². The largest absolute Gasteiger partial charge is 0.198 e. The molecular formula is C16H27N. The van der Waals surface area contributed by atoms with Crippen molar-refractivity contribution in [3.8, 4) is 6.07 Å². The molecule has 2 aliphatic rings. The lowest BCUT2D eigenvalue weighted by Crippen LogP contribution is -2.25. The lowest BCUT2D eigenvalue weighted by atomic mass is 9.69. The van der Waals surface area contributed by atoms with E-state index in [1.165, 1.54) is 64.2 Å². The average molecular weight is 233 g/mol. The molecule has 0 saturated heterocycles. The highest BCUT2D eigenvalue weighted by molar-refractivity contribution is 4.89. The van der Waals surface area contributed by atoms with Crippen molar-refractivity contribution in [2.24, 2.45) is 23.7 Å². The van der Waals surface area contributed by atoms with Crippen molar-refractivity contribution in [2.45, 2.75) is 71.1 Å². The third kappa shape index (κ3) is 3.47. The van der Waals surface area contributed by atoms with Gasteiger partial charge < -0.3 is 0 Å². The first-order chi connectivity index (χ1) is 8.33. The van der Waals surface area contributed by atoms with Crippen LogP contribution < -0.4 is 0 Å². The Labute approximate surface area is 107 Å². The second kappa shape index (κ2) is 6.43. The smallest absolute Gasteiger partial charge is 0.0655 e. The van der Waals surface area contributed by atoms with Crippen LogP contribution in [0.3, 0.4) is 0 Å².